The molecule has 8 heteroatoms. The van der Waals surface area contributed by atoms with Crippen molar-refractivity contribution in [2.45, 2.75) is 32.4 Å². The fourth-order valence-electron chi connectivity index (χ4n) is 2.32. The van der Waals surface area contributed by atoms with Gasteiger partial charge >= 0.3 is 0 Å². The third-order valence-corrected chi connectivity index (χ3v) is 5.56. The van der Waals surface area contributed by atoms with Gasteiger partial charge in [0.15, 0.2) is 0 Å². The number of hydrogen-bond acceptors (Lipinski definition) is 5. The van der Waals surface area contributed by atoms with Crippen LogP contribution in [0.4, 0.5) is 5.69 Å². The number of nitro groups is 1. The molecule has 0 amide bonds. The minimum absolute atomic E-state index is 0.0133. The van der Waals surface area contributed by atoms with E-state index in [9.17, 15) is 10.1 Å². The lowest BCUT2D eigenvalue weighted by atomic mass is 10.2. The minimum Gasteiger partial charge on any atom is -0.360 e. The van der Waals surface area contributed by atoms with Gasteiger partial charge in [-0.1, -0.05) is 25.7 Å². The Morgan fingerprint density at radius 1 is 1.25 bits per heavy atom. The smallest absolute Gasteiger partial charge is 0.271 e. The first-order chi connectivity index (χ1) is 13.3. The quantitative estimate of drug-likeness (QED) is 0.204. The van der Waals surface area contributed by atoms with Gasteiger partial charge in [0.25, 0.3) is 5.69 Å². The van der Waals surface area contributed by atoms with Gasteiger partial charge in [0, 0.05) is 44.6 Å². The maximum atomic E-state index is 10.9. The molecule has 0 fully saturated rings. The molecule has 28 heavy (non-hydrogen) atoms. The molecule has 1 aromatic carbocycles. The molecule has 0 saturated heterocycles. The van der Waals surface area contributed by atoms with Gasteiger partial charge in [0.05, 0.1) is 10.4 Å². The Hall–Kier alpha value is -3.02. The van der Waals surface area contributed by atoms with Crippen molar-refractivity contribution < 1.29 is 9.66 Å². The summed E-state index contributed by atoms with van der Waals surface area (Å²) < 4.78 is 7.24. The van der Waals surface area contributed by atoms with Crippen LogP contribution in [0.15, 0.2) is 48.8 Å². The Balaban J connectivity index is 0.000000397. The Bertz CT molecular complexity index is 933. The van der Waals surface area contributed by atoms with Crippen LogP contribution in [-0.2, 0) is 11.5 Å². The van der Waals surface area contributed by atoms with E-state index in [4.69, 9.17) is 11.2 Å². The van der Waals surface area contributed by atoms with Crippen LogP contribution in [0.5, 0.6) is 0 Å². The van der Waals surface area contributed by atoms with E-state index in [1.54, 1.807) is 23.1 Å². The van der Waals surface area contributed by atoms with E-state index in [-0.39, 0.29) is 12.4 Å². The van der Waals surface area contributed by atoms with Crippen molar-refractivity contribution in [2.24, 2.45) is 0 Å². The predicted molar refractivity (Wildman–Crippen MR) is 113 cm³/mol. The maximum Gasteiger partial charge on any atom is 0.271 e. The van der Waals surface area contributed by atoms with Gasteiger partial charge < -0.3 is 4.74 Å². The predicted octanol–water partition coefficient (Wildman–Crippen LogP) is 4.32. The largest absolute Gasteiger partial charge is 0.360 e. The zero-order valence-corrected chi connectivity index (χ0v) is 17.3. The molecule has 3 rings (SSSR count). The Labute approximate surface area is 165 Å². The summed E-state index contributed by atoms with van der Waals surface area (Å²) in [5.41, 5.74) is 1.10. The first-order valence-corrected chi connectivity index (χ1v) is 12.6. The van der Waals surface area contributed by atoms with Gasteiger partial charge in [-0.15, -0.1) is 6.42 Å². The molecule has 0 aliphatic heterocycles. The molecule has 3 aromatic rings. The molecular weight excluding hydrogens is 372 g/mol. The Morgan fingerprint density at radius 3 is 2.46 bits per heavy atom. The lowest BCUT2D eigenvalue weighted by Crippen LogP contribution is -2.22. The molecule has 2 aromatic heterocycles. The number of rotatable bonds is 6. The van der Waals surface area contributed by atoms with E-state index in [1.165, 1.54) is 12.1 Å². The van der Waals surface area contributed by atoms with Gasteiger partial charge in [0.1, 0.15) is 12.4 Å². The van der Waals surface area contributed by atoms with Crippen molar-refractivity contribution >= 4 is 24.7 Å². The summed E-state index contributed by atoms with van der Waals surface area (Å²) >= 11 is 0. The monoisotopic (exact) mass is 396 g/mol. The highest BCUT2D eigenvalue weighted by Gasteiger charge is 2.15. The van der Waals surface area contributed by atoms with Gasteiger partial charge in [-0.05, 0) is 30.2 Å². The second-order valence-corrected chi connectivity index (χ2v) is 12.9. The van der Waals surface area contributed by atoms with Crippen LogP contribution >= 0.6 is 0 Å². The number of aromatic nitrogens is 3. The fourth-order valence-corrected chi connectivity index (χ4v) is 3.08. The Morgan fingerprint density at radius 2 is 1.96 bits per heavy atom. The van der Waals surface area contributed by atoms with E-state index in [0.29, 0.717) is 17.8 Å². The van der Waals surface area contributed by atoms with Gasteiger partial charge in [0.2, 0.25) is 0 Å². The summed E-state index contributed by atoms with van der Waals surface area (Å²) in [6.45, 7) is 7.72. The molecule has 0 aliphatic rings. The van der Waals surface area contributed by atoms with E-state index < -0.39 is 13.0 Å². The number of ether oxygens (including phenoxy) is 1. The maximum absolute atomic E-state index is 10.9. The molecule has 0 radical (unpaired) electrons. The van der Waals surface area contributed by atoms with Crippen LogP contribution in [0.3, 0.4) is 0 Å². The molecule has 0 spiro atoms. The summed E-state index contributed by atoms with van der Waals surface area (Å²) in [6, 6.07) is 11.3. The van der Waals surface area contributed by atoms with Crippen molar-refractivity contribution in [3.8, 4) is 12.3 Å². The zero-order chi connectivity index (χ0) is 20.6. The molecule has 2 heterocycles. The summed E-state index contributed by atoms with van der Waals surface area (Å²) in [4.78, 5) is 14.3. The molecule has 0 aliphatic carbocycles. The highest BCUT2D eigenvalue weighted by Crippen LogP contribution is 2.23. The fraction of sp³-hybridized carbons (Fsp3) is 0.300. The first kappa shape index (κ1) is 21.3. The van der Waals surface area contributed by atoms with E-state index >= 15 is 0 Å². The molecule has 0 bridgehead atoms. The summed E-state index contributed by atoms with van der Waals surface area (Å²) in [5, 5.41) is 15.9. The third-order valence-electron chi connectivity index (χ3n) is 3.86. The number of non-ortho nitro benzene ring substituents is 1. The van der Waals surface area contributed by atoms with Crippen LogP contribution in [0, 0.1) is 22.5 Å². The molecule has 0 saturated carbocycles. The zero-order valence-electron chi connectivity index (χ0n) is 16.3. The number of nitro benzene ring substituents is 1. The van der Waals surface area contributed by atoms with E-state index in [1.807, 2.05) is 18.2 Å². The molecule has 0 unspecified atom stereocenters. The van der Waals surface area contributed by atoms with Crippen molar-refractivity contribution in [1.82, 2.24) is 14.8 Å². The second-order valence-electron chi connectivity index (χ2n) is 7.32. The van der Waals surface area contributed by atoms with Gasteiger partial charge in [-0.3, -0.25) is 15.1 Å². The van der Waals surface area contributed by atoms with Crippen LogP contribution in [0.1, 0.15) is 5.69 Å². The number of nitrogens with zero attached hydrogens (tertiary/aromatic N) is 4. The van der Waals surface area contributed by atoms with E-state index in [2.05, 4.69) is 35.6 Å². The molecule has 7 nitrogen and oxygen atoms in total. The molecule has 0 atom stereocenters. The number of pyridine rings is 1. The second kappa shape index (κ2) is 9.78. The van der Waals surface area contributed by atoms with Crippen LogP contribution in [-0.4, -0.2) is 34.4 Å². The van der Waals surface area contributed by atoms with Crippen molar-refractivity contribution in [1.29, 1.82) is 0 Å². The first-order valence-electron chi connectivity index (χ1n) is 8.86. The molecular formula is C20H24N4O3Si. The number of hydrogen-bond donors (Lipinski definition) is 0. The standard InChI is InChI=1S/C15H19N3O3Si.C5H5N/c1-5-14-13-7-6-12(18(19)20)10-15(13)17(16-14)11-21-8-9-22(2,3)4;1-2-4-6-5-3-1/h1,6-7,10H,8-9,11H2,2-4H3;1-5H. The lowest BCUT2D eigenvalue weighted by Gasteiger charge is -2.15. The molecule has 146 valence electrons. The average Bonchev–Trinajstić information content (AvgIpc) is 3.03. The topological polar surface area (TPSA) is 83.1 Å². The van der Waals surface area contributed by atoms with Gasteiger partial charge in [-0.25, -0.2) is 4.68 Å². The van der Waals surface area contributed by atoms with Crippen molar-refractivity contribution in [2.75, 3.05) is 6.61 Å². The summed E-state index contributed by atoms with van der Waals surface area (Å²) in [6.07, 6.45) is 8.94. The van der Waals surface area contributed by atoms with Crippen molar-refractivity contribution in [3.05, 3.63) is 64.6 Å². The normalized spacial score (nSPS) is 10.8. The Kier molecular flexibility index (Phi) is 7.43. The number of fused-ring (bicyclic) bond motifs is 1. The highest BCUT2D eigenvalue weighted by atomic mass is 28.3. The number of terminal acetylenes is 1. The summed E-state index contributed by atoms with van der Waals surface area (Å²) in [7, 11) is -1.15. The van der Waals surface area contributed by atoms with Crippen molar-refractivity contribution in [3.63, 3.8) is 0 Å². The molecule has 0 N–H and O–H groups in total. The van der Waals surface area contributed by atoms with E-state index in [0.717, 1.165) is 11.4 Å². The lowest BCUT2D eigenvalue weighted by molar-refractivity contribution is -0.384. The highest BCUT2D eigenvalue weighted by molar-refractivity contribution is 6.76. The van der Waals surface area contributed by atoms with Crippen LogP contribution in [0.25, 0.3) is 10.9 Å². The van der Waals surface area contributed by atoms with Gasteiger partial charge in [-0.2, -0.15) is 5.10 Å². The third kappa shape index (κ3) is 6.30. The average molecular weight is 397 g/mol. The van der Waals surface area contributed by atoms with Crippen LogP contribution < -0.4 is 0 Å². The number of benzene rings is 1. The summed E-state index contributed by atoms with van der Waals surface area (Å²) in [5.74, 6) is 2.50. The SMILES string of the molecule is C#Cc1nn(COCC[Si](C)(C)C)c2cc([N+](=O)[O-])ccc12.c1ccncc1. The minimum atomic E-state index is -1.15. The van der Waals surface area contributed by atoms with Crippen LogP contribution in [0.2, 0.25) is 25.7 Å².